The van der Waals surface area contributed by atoms with Crippen LogP contribution in [0.4, 0.5) is 0 Å². The van der Waals surface area contributed by atoms with Crippen molar-refractivity contribution in [1.29, 1.82) is 5.26 Å². The number of ether oxygens (including phenoxy) is 2. The Bertz CT molecular complexity index is 862. The van der Waals surface area contributed by atoms with Gasteiger partial charge in [-0.3, -0.25) is 4.79 Å². The molecular weight excluding hydrogens is 366 g/mol. The average molecular weight is 386 g/mol. The maximum absolute atomic E-state index is 12.9. The molecule has 6 nitrogen and oxygen atoms in total. The molecule has 1 atom stereocenters. The van der Waals surface area contributed by atoms with E-state index in [1.807, 2.05) is 0 Å². The van der Waals surface area contributed by atoms with Crippen molar-refractivity contribution in [3.05, 3.63) is 53.2 Å². The Morgan fingerprint density at radius 2 is 2.07 bits per heavy atom. The van der Waals surface area contributed by atoms with Gasteiger partial charge in [0, 0.05) is 30.3 Å². The van der Waals surface area contributed by atoms with Crippen LogP contribution in [0.1, 0.15) is 25.8 Å². The SMILES string of the molecule is CC(C)(Oc1ccc(Cl)cc1)C(=O)N1CCC(Oc2cc(C#N)ccn2)C1. The maximum atomic E-state index is 12.9. The first-order valence-electron chi connectivity index (χ1n) is 8.64. The molecule has 0 saturated carbocycles. The maximum Gasteiger partial charge on any atom is 0.266 e. The summed E-state index contributed by atoms with van der Waals surface area (Å²) in [4.78, 5) is 18.7. The van der Waals surface area contributed by atoms with Crippen molar-refractivity contribution in [1.82, 2.24) is 9.88 Å². The van der Waals surface area contributed by atoms with E-state index in [9.17, 15) is 4.79 Å². The summed E-state index contributed by atoms with van der Waals surface area (Å²) < 4.78 is 11.7. The van der Waals surface area contributed by atoms with Crippen LogP contribution in [-0.4, -0.2) is 40.6 Å². The highest BCUT2D eigenvalue weighted by Gasteiger charge is 2.38. The number of hydrogen-bond acceptors (Lipinski definition) is 5. The summed E-state index contributed by atoms with van der Waals surface area (Å²) in [5.74, 6) is 0.870. The van der Waals surface area contributed by atoms with E-state index in [0.717, 1.165) is 0 Å². The monoisotopic (exact) mass is 385 g/mol. The van der Waals surface area contributed by atoms with Gasteiger partial charge in [-0.1, -0.05) is 11.6 Å². The molecule has 0 aliphatic carbocycles. The van der Waals surface area contributed by atoms with Crippen molar-refractivity contribution < 1.29 is 14.3 Å². The van der Waals surface area contributed by atoms with Gasteiger partial charge in [0.25, 0.3) is 5.91 Å². The minimum Gasteiger partial charge on any atom is -0.478 e. The van der Waals surface area contributed by atoms with Crippen molar-refractivity contribution in [3.8, 4) is 17.7 Å². The molecule has 2 heterocycles. The minimum atomic E-state index is -1.01. The van der Waals surface area contributed by atoms with Gasteiger partial charge in [-0.2, -0.15) is 5.26 Å². The number of amides is 1. The molecule has 3 rings (SSSR count). The Labute approximate surface area is 163 Å². The van der Waals surface area contributed by atoms with E-state index in [-0.39, 0.29) is 12.0 Å². The van der Waals surface area contributed by atoms with Crippen LogP contribution in [0.5, 0.6) is 11.6 Å². The Hall–Kier alpha value is -2.78. The highest BCUT2D eigenvalue weighted by atomic mass is 35.5. The predicted molar refractivity (Wildman–Crippen MR) is 101 cm³/mol. The molecule has 1 unspecified atom stereocenters. The van der Waals surface area contributed by atoms with E-state index in [0.29, 0.717) is 41.7 Å². The molecule has 0 bridgehead atoms. The normalized spacial score (nSPS) is 16.7. The molecule has 27 heavy (non-hydrogen) atoms. The van der Waals surface area contributed by atoms with Crippen LogP contribution < -0.4 is 9.47 Å². The summed E-state index contributed by atoms with van der Waals surface area (Å²) in [7, 11) is 0. The topological polar surface area (TPSA) is 75.4 Å². The second kappa shape index (κ2) is 7.85. The molecule has 140 valence electrons. The standard InChI is InChI=1S/C20H20ClN3O3/c1-20(2,27-16-5-3-15(21)4-6-16)19(25)24-10-8-17(13-24)26-18-11-14(12-22)7-9-23-18/h3-7,9,11,17H,8,10,13H2,1-2H3. The van der Waals surface area contributed by atoms with E-state index in [1.54, 1.807) is 55.1 Å². The van der Waals surface area contributed by atoms with Crippen molar-refractivity contribution in [2.24, 2.45) is 0 Å². The van der Waals surface area contributed by atoms with E-state index >= 15 is 0 Å². The first-order chi connectivity index (χ1) is 12.9. The largest absolute Gasteiger partial charge is 0.478 e. The Morgan fingerprint density at radius 1 is 1.33 bits per heavy atom. The number of benzene rings is 1. The van der Waals surface area contributed by atoms with Gasteiger partial charge in [0.1, 0.15) is 11.9 Å². The highest BCUT2D eigenvalue weighted by Crippen LogP contribution is 2.25. The summed E-state index contributed by atoms with van der Waals surface area (Å²) in [6.45, 7) is 4.52. The molecule has 0 spiro atoms. The van der Waals surface area contributed by atoms with Crippen LogP contribution in [-0.2, 0) is 4.79 Å². The highest BCUT2D eigenvalue weighted by molar-refractivity contribution is 6.30. The number of likely N-dealkylation sites (tertiary alicyclic amines) is 1. The van der Waals surface area contributed by atoms with Crippen LogP contribution in [0.15, 0.2) is 42.6 Å². The van der Waals surface area contributed by atoms with Crippen LogP contribution >= 0.6 is 11.6 Å². The average Bonchev–Trinajstić information content (AvgIpc) is 3.11. The minimum absolute atomic E-state index is 0.109. The lowest BCUT2D eigenvalue weighted by molar-refractivity contribution is -0.144. The van der Waals surface area contributed by atoms with Gasteiger partial charge in [0.05, 0.1) is 18.2 Å². The van der Waals surface area contributed by atoms with Crippen LogP contribution in [0.25, 0.3) is 0 Å². The summed E-state index contributed by atoms with van der Waals surface area (Å²) >= 11 is 5.88. The zero-order chi connectivity index (χ0) is 19.4. The van der Waals surface area contributed by atoms with Gasteiger partial charge in [-0.25, -0.2) is 4.98 Å². The molecule has 1 aromatic carbocycles. The first-order valence-corrected chi connectivity index (χ1v) is 9.02. The number of aromatic nitrogens is 1. The second-order valence-corrected chi connectivity index (χ2v) is 7.28. The molecule has 7 heteroatoms. The van der Waals surface area contributed by atoms with Crippen LogP contribution in [0, 0.1) is 11.3 Å². The van der Waals surface area contributed by atoms with Gasteiger partial charge < -0.3 is 14.4 Å². The summed E-state index contributed by atoms with van der Waals surface area (Å²) in [6, 6.07) is 12.2. The Kier molecular flexibility index (Phi) is 5.52. The summed E-state index contributed by atoms with van der Waals surface area (Å²) in [6.07, 6.45) is 2.07. The van der Waals surface area contributed by atoms with Gasteiger partial charge >= 0.3 is 0 Å². The van der Waals surface area contributed by atoms with Crippen LogP contribution in [0.3, 0.4) is 0 Å². The quantitative estimate of drug-likeness (QED) is 0.788. The van der Waals surface area contributed by atoms with E-state index in [1.165, 1.54) is 6.20 Å². The van der Waals surface area contributed by atoms with Crippen molar-refractivity contribution in [2.75, 3.05) is 13.1 Å². The number of carbonyl (C=O) groups is 1. The van der Waals surface area contributed by atoms with Crippen molar-refractivity contribution in [2.45, 2.75) is 32.0 Å². The molecule has 0 radical (unpaired) electrons. The Balaban J connectivity index is 1.60. The lowest BCUT2D eigenvalue weighted by Gasteiger charge is -2.30. The second-order valence-electron chi connectivity index (χ2n) is 6.84. The predicted octanol–water partition coefficient (Wildman–Crippen LogP) is 3.44. The van der Waals surface area contributed by atoms with Crippen molar-refractivity contribution in [3.63, 3.8) is 0 Å². The third kappa shape index (κ3) is 4.69. The lowest BCUT2D eigenvalue weighted by Crippen LogP contribution is -2.48. The molecule has 1 aliphatic rings. The zero-order valence-electron chi connectivity index (χ0n) is 15.2. The van der Waals surface area contributed by atoms with Gasteiger partial charge in [-0.05, 0) is 44.2 Å². The van der Waals surface area contributed by atoms with E-state index in [2.05, 4.69) is 11.1 Å². The van der Waals surface area contributed by atoms with Crippen molar-refractivity contribution >= 4 is 17.5 Å². The zero-order valence-corrected chi connectivity index (χ0v) is 15.9. The molecule has 2 aromatic rings. The molecular formula is C20H20ClN3O3. The number of carbonyl (C=O) groups excluding carboxylic acids is 1. The van der Waals surface area contributed by atoms with Gasteiger partial charge in [0.2, 0.25) is 5.88 Å². The third-order valence-electron chi connectivity index (χ3n) is 4.29. The fourth-order valence-corrected chi connectivity index (χ4v) is 3.07. The molecule has 0 N–H and O–H groups in total. The smallest absolute Gasteiger partial charge is 0.266 e. The number of nitriles is 1. The molecule has 1 aromatic heterocycles. The van der Waals surface area contributed by atoms with E-state index < -0.39 is 5.60 Å². The molecule has 1 aliphatic heterocycles. The fraction of sp³-hybridized carbons (Fsp3) is 0.350. The number of halogens is 1. The molecule has 1 amide bonds. The summed E-state index contributed by atoms with van der Waals surface area (Å²) in [5.41, 5.74) is -0.523. The fourth-order valence-electron chi connectivity index (χ4n) is 2.94. The number of hydrogen-bond donors (Lipinski definition) is 0. The lowest BCUT2D eigenvalue weighted by atomic mass is 10.1. The number of rotatable bonds is 5. The Morgan fingerprint density at radius 3 is 2.78 bits per heavy atom. The third-order valence-corrected chi connectivity index (χ3v) is 4.54. The molecule has 1 fully saturated rings. The van der Waals surface area contributed by atoms with E-state index in [4.69, 9.17) is 26.3 Å². The van der Waals surface area contributed by atoms with Crippen LogP contribution in [0.2, 0.25) is 5.02 Å². The number of nitrogens with zero attached hydrogens (tertiary/aromatic N) is 3. The first kappa shape index (κ1) is 19.0. The number of pyridine rings is 1. The summed E-state index contributed by atoms with van der Waals surface area (Å²) in [5, 5.41) is 9.57. The van der Waals surface area contributed by atoms with Gasteiger partial charge in [-0.15, -0.1) is 0 Å². The molecule has 1 saturated heterocycles. The van der Waals surface area contributed by atoms with Gasteiger partial charge in [0.15, 0.2) is 5.60 Å².